The van der Waals surface area contributed by atoms with E-state index in [0.717, 1.165) is 35.3 Å². The van der Waals surface area contributed by atoms with Crippen LogP contribution in [0.25, 0.3) is 17.7 Å². The van der Waals surface area contributed by atoms with E-state index in [-0.39, 0.29) is 0 Å². The van der Waals surface area contributed by atoms with Crippen molar-refractivity contribution in [2.45, 2.75) is 0 Å². The average Bonchev–Trinajstić information content (AvgIpc) is 2.94. The quantitative estimate of drug-likeness (QED) is 0.620. The van der Waals surface area contributed by atoms with Gasteiger partial charge in [-0.3, -0.25) is 0 Å². The van der Waals surface area contributed by atoms with Crippen LogP contribution in [0, 0.1) is 5.92 Å². The van der Waals surface area contributed by atoms with Gasteiger partial charge in [0.15, 0.2) is 5.82 Å². The molecule has 1 aromatic rings. The SMILES string of the molecule is C1=CC2CNCC2=c2nc3c(nc21)=CC=N3. The Bertz CT molecular complexity index is 654. The van der Waals surface area contributed by atoms with E-state index in [0.29, 0.717) is 5.92 Å². The third-order valence-corrected chi connectivity index (χ3v) is 3.28. The molecule has 16 heavy (non-hydrogen) atoms. The van der Waals surface area contributed by atoms with E-state index in [9.17, 15) is 0 Å². The van der Waals surface area contributed by atoms with E-state index in [1.165, 1.54) is 5.57 Å². The molecule has 0 saturated carbocycles. The highest BCUT2D eigenvalue weighted by Gasteiger charge is 2.23. The Kier molecular flexibility index (Phi) is 1.49. The van der Waals surface area contributed by atoms with Gasteiger partial charge in [-0.15, -0.1) is 0 Å². The zero-order valence-electron chi connectivity index (χ0n) is 8.64. The third kappa shape index (κ3) is 0.994. The van der Waals surface area contributed by atoms with Gasteiger partial charge in [-0.1, -0.05) is 6.08 Å². The Labute approximate surface area is 92.1 Å². The van der Waals surface area contributed by atoms with Gasteiger partial charge in [0, 0.05) is 25.2 Å². The molecular weight excluding hydrogens is 200 g/mol. The molecule has 0 spiro atoms. The van der Waals surface area contributed by atoms with Crippen LogP contribution in [-0.2, 0) is 0 Å². The number of aliphatic imine (C=N–C) groups is 1. The molecule has 3 heterocycles. The first kappa shape index (κ1) is 8.35. The number of hydrogen-bond acceptors (Lipinski definition) is 4. The monoisotopic (exact) mass is 210 g/mol. The topological polar surface area (TPSA) is 50.2 Å². The molecule has 1 saturated heterocycles. The standard InChI is InChI=1S/C12H10N4/c1-2-9-11(8-6-13-5-7(1)8)16-12-10(15-9)3-4-14-12/h1-4,7,13H,5-6H2. The van der Waals surface area contributed by atoms with Gasteiger partial charge in [0.2, 0.25) is 0 Å². The zero-order valence-corrected chi connectivity index (χ0v) is 8.64. The summed E-state index contributed by atoms with van der Waals surface area (Å²) >= 11 is 0. The summed E-state index contributed by atoms with van der Waals surface area (Å²) < 4.78 is 0. The lowest BCUT2D eigenvalue weighted by Crippen LogP contribution is -2.27. The van der Waals surface area contributed by atoms with E-state index in [2.05, 4.69) is 32.4 Å². The largest absolute Gasteiger partial charge is 0.312 e. The molecule has 1 fully saturated rings. The van der Waals surface area contributed by atoms with Gasteiger partial charge in [-0.25, -0.2) is 15.0 Å². The van der Waals surface area contributed by atoms with E-state index in [1.54, 1.807) is 6.21 Å². The van der Waals surface area contributed by atoms with Crippen LogP contribution in [0.4, 0.5) is 5.82 Å². The van der Waals surface area contributed by atoms with Gasteiger partial charge in [-0.2, -0.15) is 0 Å². The van der Waals surface area contributed by atoms with Crippen molar-refractivity contribution in [3.63, 3.8) is 0 Å². The summed E-state index contributed by atoms with van der Waals surface area (Å²) in [6.07, 6.45) is 7.96. The molecule has 4 heteroatoms. The summed E-state index contributed by atoms with van der Waals surface area (Å²) in [5.74, 6) is 1.25. The van der Waals surface area contributed by atoms with Crippen molar-refractivity contribution in [3.05, 3.63) is 22.5 Å². The molecule has 1 N–H and O–H groups in total. The third-order valence-electron chi connectivity index (χ3n) is 3.28. The summed E-state index contributed by atoms with van der Waals surface area (Å²) in [7, 11) is 0. The normalized spacial score (nSPS) is 24.0. The van der Waals surface area contributed by atoms with E-state index < -0.39 is 0 Å². The van der Waals surface area contributed by atoms with Crippen LogP contribution >= 0.6 is 0 Å². The Morgan fingerprint density at radius 2 is 2.31 bits per heavy atom. The molecule has 78 valence electrons. The second-order valence-electron chi connectivity index (χ2n) is 4.23. The first-order chi connectivity index (χ1) is 7.92. The predicted molar refractivity (Wildman–Crippen MR) is 62.7 cm³/mol. The summed E-state index contributed by atoms with van der Waals surface area (Å²) in [5, 5.41) is 5.28. The summed E-state index contributed by atoms with van der Waals surface area (Å²) in [6, 6.07) is 0. The number of rotatable bonds is 0. The Morgan fingerprint density at radius 1 is 1.31 bits per heavy atom. The minimum atomic E-state index is 0.495. The number of hydrogen-bond donors (Lipinski definition) is 1. The van der Waals surface area contributed by atoms with Crippen LogP contribution in [0.5, 0.6) is 0 Å². The lowest BCUT2D eigenvalue weighted by atomic mass is 9.97. The van der Waals surface area contributed by atoms with Gasteiger partial charge in [0.25, 0.3) is 0 Å². The Morgan fingerprint density at radius 3 is 3.31 bits per heavy atom. The number of nitrogens with one attached hydrogen (secondary N) is 1. The maximum absolute atomic E-state index is 4.62. The van der Waals surface area contributed by atoms with Crippen LogP contribution in [0.2, 0.25) is 0 Å². The molecule has 1 unspecified atom stereocenters. The Hall–Kier alpha value is -1.81. The van der Waals surface area contributed by atoms with Gasteiger partial charge in [-0.05, 0) is 17.7 Å². The molecule has 1 aromatic heterocycles. The molecule has 4 nitrogen and oxygen atoms in total. The zero-order chi connectivity index (χ0) is 10.5. The van der Waals surface area contributed by atoms with Crippen LogP contribution in [0.1, 0.15) is 5.69 Å². The van der Waals surface area contributed by atoms with Gasteiger partial charge >= 0.3 is 0 Å². The van der Waals surface area contributed by atoms with Crippen molar-refractivity contribution in [2.75, 3.05) is 13.1 Å². The lowest BCUT2D eigenvalue weighted by Gasteiger charge is -2.11. The van der Waals surface area contributed by atoms with Gasteiger partial charge in [0.05, 0.1) is 11.0 Å². The number of aromatic nitrogens is 2. The lowest BCUT2D eigenvalue weighted by molar-refractivity contribution is 0.786. The molecule has 0 bridgehead atoms. The summed E-state index contributed by atoms with van der Waals surface area (Å²) in [4.78, 5) is 13.4. The molecule has 1 aliphatic carbocycles. The van der Waals surface area contributed by atoms with E-state index in [1.807, 2.05) is 6.08 Å². The van der Waals surface area contributed by atoms with Gasteiger partial charge in [0.1, 0.15) is 5.35 Å². The molecule has 0 aromatic carbocycles. The van der Waals surface area contributed by atoms with E-state index in [4.69, 9.17) is 0 Å². The highest BCUT2D eigenvalue weighted by atomic mass is 15.0. The molecular formula is C12H10N4. The average molecular weight is 210 g/mol. The van der Waals surface area contributed by atoms with Gasteiger partial charge < -0.3 is 5.32 Å². The van der Waals surface area contributed by atoms with Crippen LogP contribution in [-0.4, -0.2) is 29.3 Å². The minimum Gasteiger partial charge on any atom is -0.312 e. The van der Waals surface area contributed by atoms with Crippen molar-refractivity contribution in [2.24, 2.45) is 10.9 Å². The fraction of sp³-hybridized carbons (Fsp3) is 0.250. The molecule has 2 aliphatic heterocycles. The second-order valence-corrected chi connectivity index (χ2v) is 4.23. The van der Waals surface area contributed by atoms with E-state index >= 15 is 0 Å². The highest BCUT2D eigenvalue weighted by Crippen LogP contribution is 2.21. The summed E-state index contributed by atoms with van der Waals surface area (Å²) in [5.41, 5.74) is 2.34. The number of nitrogens with zero attached hydrogens (tertiary/aromatic N) is 3. The minimum absolute atomic E-state index is 0.495. The van der Waals surface area contributed by atoms with Crippen LogP contribution < -0.4 is 16.0 Å². The van der Waals surface area contributed by atoms with Crippen molar-refractivity contribution < 1.29 is 0 Å². The molecule has 0 radical (unpaired) electrons. The fourth-order valence-corrected chi connectivity index (χ4v) is 2.46. The van der Waals surface area contributed by atoms with Crippen molar-refractivity contribution in [1.82, 2.24) is 15.3 Å². The number of fused-ring (bicyclic) bond motifs is 3. The smallest absolute Gasteiger partial charge is 0.178 e. The highest BCUT2D eigenvalue weighted by molar-refractivity contribution is 5.95. The summed E-state index contributed by atoms with van der Waals surface area (Å²) in [6.45, 7) is 1.93. The fourth-order valence-electron chi connectivity index (χ4n) is 2.46. The maximum Gasteiger partial charge on any atom is 0.178 e. The molecule has 1 atom stereocenters. The first-order valence-electron chi connectivity index (χ1n) is 5.46. The maximum atomic E-state index is 4.62. The predicted octanol–water partition coefficient (Wildman–Crippen LogP) is -0.630. The molecule has 0 amide bonds. The van der Waals surface area contributed by atoms with Crippen molar-refractivity contribution >= 4 is 29.8 Å². The van der Waals surface area contributed by atoms with Crippen LogP contribution in [0.3, 0.4) is 0 Å². The van der Waals surface area contributed by atoms with Crippen LogP contribution in [0.15, 0.2) is 11.1 Å². The molecule has 3 aliphatic rings. The molecule has 4 rings (SSSR count). The Balaban J connectivity index is 2.12. The first-order valence-corrected chi connectivity index (χ1v) is 5.46. The van der Waals surface area contributed by atoms with Crippen molar-refractivity contribution in [1.29, 1.82) is 0 Å². The van der Waals surface area contributed by atoms with Crippen molar-refractivity contribution in [3.8, 4) is 0 Å². The second kappa shape index (κ2) is 2.86.